The van der Waals surface area contributed by atoms with Crippen molar-refractivity contribution in [2.24, 2.45) is 0 Å². The van der Waals surface area contributed by atoms with E-state index in [-0.39, 0.29) is 11.4 Å². The molecule has 0 saturated heterocycles. The van der Waals surface area contributed by atoms with Crippen LogP contribution >= 0.6 is 0 Å². The van der Waals surface area contributed by atoms with E-state index in [0.717, 1.165) is 0 Å². The highest BCUT2D eigenvalue weighted by Gasteiger charge is 2.17. The van der Waals surface area contributed by atoms with Crippen molar-refractivity contribution in [2.75, 3.05) is 0 Å². The Balaban J connectivity index is 2.39. The van der Waals surface area contributed by atoms with Crippen LogP contribution in [0.15, 0.2) is 36.4 Å². The molecule has 3 aromatic rings. The molecule has 0 amide bonds. The molecule has 0 bridgehead atoms. The highest BCUT2D eigenvalue weighted by atomic mass is 19.1. The average molecular weight is 284 g/mol. The maximum absolute atomic E-state index is 13.8. The maximum atomic E-state index is 13.8. The zero-order chi connectivity index (χ0) is 15.1. The third kappa shape index (κ3) is 1.98. The van der Waals surface area contributed by atoms with Crippen LogP contribution in [0.4, 0.5) is 4.39 Å². The fraction of sp³-hybridized carbons (Fsp3) is 0.125. The van der Waals surface area contributed by atoms with Crippen LogP contribution in [0.1, 0.15) is 21.7 Å². The Morgan fingerprint density at radius 3 is 2.62 bits per heavy atom. The summed E-state index contributed by atoms with van der Waals surface area (Å²) in [6, 6.07) is 9.78. The van der Waals surface area contributed by atoms with Crippen LogP contribution in [-0.2, 0) is 0 Å². The first-order valence-electron chi connectivity index (χ1n) is 6.47. The van der Waals surface area contributed by atoms with Gasteiger partial charge in [-0.3, -0.25) is 4.57 Å². The summed E-state index contributed by atoms with van der Waals surface area (Å²) < 4.78 is 15.6. The van der Waals surface area contributed by atoms with Gasteiger partial charge in [-0.15, -0.1) is 0 Å². The topological polar surface area (TPSA) is 55.1 Å². The molecule has 0 fully saturated rings. The molecule has 4 nitrogen and oxygen atoms in total. The summed E-state index contributed by atoms with van der Waals surface area (Å²) >= 11 is 0. The van der Waals surface area contributed by atoms with Gasteiger partial charge >= 0.3 is 5.97 Å². The molecule has 1 heterocycles. The molecule has 0 saturated carbocycles. The molecule has 0 radical (unpaired) electrons. The number of aryl methyl sites for hydroxylation is 1. The number of carbonyl (C=O) groups is 1. The molecule has 0 spiro atoms. The van der Waals surface area contributed by atoms with Crippen molar-refractivity contribution in [1.29, 1.82) is 0 Å². The Bertz CT molecular complexity index is 868. The van der Waals surface area contributed by atoms with Crippen LogP contribution in [0.3, 0.4) is 0 Å². The van der Waals surface area contributed by atoms with Crippen molar-refractivity contribution in [3.8, 4) is 5.69 Å². The molecule has 2 aromatic carbocycles. The number of fused-ring (bicyclic) bond motifs is 1. The van der Waals surface area contributed by atoms with Crippen LogP contribution in [0.5, 0.6) is 0 Å². The Labute approximate surface area is 120 Å². The number of para-hydroxylation sites is 1. The van der Waals surface area contributed by atoms with Gasteiger partial charge in [0.05, 0.1) is 16.8 Å². The summed E-state index contributed by atoms with van der Waals surface area (Å²) in [4.78, 5) is 15.6. The van der Waals surface area contributed by atoms with E-state index in [1.807, 2.05) is 0 Å². The van der Waals surface area contributed by atoms with E-state index in [0.29, 0.717) is 28.1 Å². The van der Waals surface area contributed by atoms with Gasteiger partial charge in [0.15, 0.2) is 0 Å². The fourth-order valence-corrected chi connectivity index (χ4v) is 2.53. The summed E-state index contributed by atoms with van der Waals surface area (Å²) in [7, 11) is 0. The zero-order valence-corrected chi connectivity index (χ0v) is 11.6. The van der Waals surface area contributed by atoms with Crippen molar-refractivity contribution in [3.05, 3.63) is 59.2 Å². The average Bonchev–Trinajstić information content (AvgIpc) is 2.77. The number of hydrogen-bond acceptors (Lipinski definition) is 2. The van der Waals surface area contributed by atoms with Gasteiger partial charge in [0.2, 0.25) is 0 Å². The van der Waals surface area contributed by atoms with Crippen molar-refractivity contribution >= 4 is 17.0 Å². The van der Waals surface area contributed by atoms with Gasteiger partial charge < -0.3 is 5.11 Å². The van der Waals surface area contributed by atoms with Crippen molar-refractivity contribution in [1.82, 2.24) is 9.55 Å². The van der Waals surface area contributed by atoms with Gasteiger partial charge in [0.1, 0.15) is 17.2 Å². The van der Waals surface area contributed by atoms with E-state index in [2.05, 4.69) is 4.98 Å². The monoisotopic (exact) mass is 284 g/mol. The van der Waals surface area contributed by atoms with Crippen LogP contribution in [0.25, 0.3) is 16.7 Å². The number of benzene rings is 2. The predicted octanol–water partition coefficient (Wildman–Crippen LogP) is 3.48. The lowest BCUT2D eigenvalue weighted by atomic mass is 10.1. The molecule has 106 valence electrons. The molecule has 1 aromatic heterocycles. The second kappa shape index (κ2) is 4.70. The molecule has 0 aliphatic heterocycles. The van der Waals surface area contributed by atoms with Gasteiger partial charge in [-0.2, -0.15) is 0 Å². The number of aromatic nitrogens is 2. The lowest BCUT2D eigenvalue weighted by molar-refractivity contribution is 0.0699. The van der Waals surface area contributed by atoms with E-state index >= 15 is 0 Å². The highest BCUT2D eigenvalue weighted by Crippen LogP contribution is 2.26. The highest BCUT2D eigenvalue weighted by molar-refractivity contribution is 6.01. The second-order valence-electron chi connectivity index (χ2n) is 4.86. The number of hydrogen-bond donors (Lipinski definition) is 1. The zero-order valence-electron chi connectivity index (χ0n) is 11.6. The number of nitrogens with zero attached hydrogens (tertiary/aromatic N) is 2. The Kier molecular flexibility index (Phi) is 2.97. The van der Waals surface area contributed by atoms with Crippen LogP contribution in [0, 0.1) is 19.7 Å². The van der Waals surface area contributed by atoms with E-state index in [1.165, 1.54) is 12.1 Å². The van der Waals surface area contributed by atoms with E-state index in [9.17, 15) is 14.3 Å². The van der Waals surface area contributed by atoms with Gasteiger partial charge in [0, 0.05) is 5.56 Å². The number of aromatic carboxylic acids is 1. The molecule has 0 aliphatic carbocycles. The van der Waals surface area contributed by atoms with E-state index in [4.69, 9.17) is 0 Å². The molecular formula is C16H13FN2O2. The Morgan fingerprint density at radius 1 is 1.19 bits per heavy atom. The molecule has 3 rings (SSSR count). The van der Waals surface area contributed by atoms with E-state index in [1.54, 1.807) is 42.7 Å². The standard InChI is InChI=1S/C16H13FN2O2/c1-9-12(17)6-4-7-13(9)19-10(2)18-15-11(16(20)21)5-3-8-14(15)19/h3-8H,1-2H3,(H,20,21). The lowest BCUT2D eigenvalue weighted by Crippen LogP contribution is -2.01. The first-order chi connectivity index (χ1) is 10.0. The summed E-state index contributed by atoms with van der Waals surface area (Å²) in [6.45, 7) is 3.47. The third-order valence-corrected chi connectivity index (χ3v) is 3.56. The van der Waals surface area contributed by atoms with Crippen LogP contribution < -0.4 is 0 Å². The molecule has 0 unspecified atom stereocenters. The first-order valence-corrected chi connectivity index (χ1v) is 6.47. The van der Waals surface area contributed by atoms with Crippen molar-refractivity contribution in [3.63, 3.8) is 0 Å². The quantitative estimate of drug-likeness (QED) is 0.783. The number of imidazole rings is 1. The number of carboxylic acids is 1. The Hall–Kier alpha value is -2.69. The molecular weight excluding hydrogens is 271 g/mol. The minimum absolute atomic E-state index is 0.142. The van der Waals surface area contributed by atoms with Crippen LogP contribution in [-0.4, -0.2) is 20.6 Å². The van der Waals surface area contributed by atoms with Gasteiger partial charge in [-0.25, -0.2) is 14.2 Å². The molecule has 5 heteroatoms. The smallest absolute Gasteiger partial charge is 0.337 e. The number of halogens is 1. The predicted molar refractivity (Wildman–Crippen MR) is 77.5 cm³/mol. The van der Waals surface area contributed by atoms with Gasteiger partial charge in [0.25, 0.3) is 0 Å². The summed E-state index contributed by atoms with van der Waals surface area (Å²) in [5, 5.41) is 9.24. The molecule has 0 atom stereocenters. The maximum Gasteiger partial charge on any atom is 0.337 e. The summed E-state index contributed by atoms with van der Waals surface area (Å²) in [5.41, 5.74) is 2.37. The minimum Gasteiger partial charge on any atom is -0.478 e. The van der Waals surface area contributed by atoms with Crippen LogP contribution in [0.2, 0.25) is 0 Å². The molecule has 1 N–H and O–H groups in total. The second-order valence-corrected chi connectivity index (χ2v) is 4.86. The van der Waals surface area contributed by atoms with Crippen molar-refractivity contribution in [2.45, 2.75) is 13.8 Å². The third-order valence-electron chi connectivity index (χ3n) is 3.56. The normalized spacial score (nSPS) is 11.0. The molecule has 0 aliphatic rings. The fourth-order valence-electron chi connectivity index (χ4n) is 2.53. The summed E-state index contributed by atoms with van der Waals surface area (Å²) in [6.07, 6.45) is 0. The minimum atomic E-state index is -1.03. The van der Waals surface area contributed by atoms with Gasteiger partial charge in [-0.1, -0.05) is 12.1 Å². The SMILES string of the molecule is Cc1c(F)cccc1-n1c(C)nc2c(C(=O)O)cccc21. The van der Waals surface area contributed by atoms with Crippen molar-refractivity contribution < 1.29 is 14.3 Å². The summed E-state index contributed by atoms with van der Waals surface area (Å²) in [5.74, 6) is -0.711. The first kappa shape index (κ1) is 13.3. The largest absolute Gasteiger partial charge is 0.478 e. The van der Waals surface area contributed by atoms with E-state index < -0.39 is 5.97 Å². The number of carboxylic acid groups (broad SMARTS) is 1. The lowest BCUT2D eigenvalue weighted by Gasteiger charge is -2.11. The number of rotatable bonds is 2. The molecule has 21 heavy (non-hydrogen) atoms. The van der Waals surface area contributed by atoms with Gasteiger partial charge in [-0.05, 0) is 38.1 Å². The Morgan fingerprint density at radius 2 is 1.90 bits per heavy atom.